The van der Waals surface area contributed by atoms with Gasteiger partial charge in [-0.15, -0.1) is 24.0 Å². The van der Waals surface area contributed by atoms with E-state index in [2.05, 4.69) is 59.7 Å². The zero-order chi connectivity index (χ0) is 18.9. The van der Waals surface area contributed by atoms with Crippen LogP contribution >= 0.6 is 24.0 Å². The van der Waals surface area contributed by atoms with Gasteiger partial charge in [-0.1, -0.05) is 30.3 Å². The molecule has 2 aliphatic rings. The van der Waals surface area contributed by atoms with Crippen molar-refractivity contribution >= 4 is 29.9 Å². The van der Waals surface area contributed by atoms with Crippen molar-refractivity contribution in [3.05, 3.63) is 35.9 Å². The third-order valence-corrected chi connectivity index (χ3v) is 5.40. The summed E-state index contributed by atoms with van der Waals surface area (Å²) in [6.07, 6.45) is 1.25. The van der Waals surface area contributed by atoms with Crippen molar-refractivity contribution in [3.8, 4) is 0 Å². The Bertz CT molecular complexity index is 581. The number of ether oxygens (including phenoxy) is 2. The molecule has 6 nitrogen and oxygen atoms in total. The molecule has 3 atom stereocenters. The number of halogens is 1. The first-order valence-corrected chi connectivity index (χ1v) is 10.3. The van der Waals surface area contributed by atoms with Crippen LogP contribution in [0.2, 0.25) is 0 Å². The molecule has 1 aromatic carbocycles. The van der Waals surface area contributed by atoms with Gasteiger partial charge in [-0.05, 0) is 25.8 Å². The molecule has 28 heavy (non-hydrogen) atoms. The van der Waals surface area contributed by atoms with Gasteiger partial charge in [0.05, 0.1) is 25.9 Å². The Balaban J connectivity index is 0.00000280. The first kappa shape index (κ1) is 23.4. The molecule has 3 rings (SSSR count). The average Bonchev–Trinajstić information content (AvgIpc) is 3.20. The standard InChI is InChI=1S/C21H34N4O2.HI/c1-3-22-21(23-15-17(2)25-10-13-26-14-11-25)24-16-19-9-12-27-20(19)18-7-5-4-6-8-18;/h4-8,17,19-20H,3,9-16H2,1-2H3,(H2,22,23,24);1H. The second kappa shape index (κ2) is 12.6. The Labute approximate surface area is 186 Å². The van der Waals surface area contributed by atoms with E-state index >= 15 is 0 Å². The molecular formula is C21H35IN4O2. The highest BCUT2D eigenvalue weighted by Gasteiger charge is 2.29. The van der Waals surface area contributed by atoms with E-state index in [9.17, 15) is 0 Å². The van der Waals surface area contributed by atoms with Crippen LogP contribution in [-0.4, -0.2) is 69.4 Å². The van der Waals surface area contributed by atoms with E-state index in [0.29, 0.717) is 12.0 Å². The van der Waals surface area contributed by atoms with Gasteiger partial charge in [0.25, 0.3) is 0 Å². The van der Waals surface area contributed by atoms with E-state index in [4.69, 9.17) is 14.5 Å². The molecule has 2 N–H and O–H groups in total. The lowest BCUT2D eigenvalue weighted by Crippen LogP contribution is -2.45. The summed E-state index contributed by atoms with van der Waals surface area (Å²) in [4.78, 5) is 7.27. The molecule has 3 unspecified atom stereocenters. The van der Waals surface area contributed by atoms with Gasteiger partial charge in [0.2, 0.25) is 0 Å². The van der Waals surface area contributed by atoms with Crippen LogP contribution in [0.4, 0.5) is 0 Å². The third-order valence-electron chi connectivity index (χ3n) is 5.40. The Morgan fingerprint density at radius 1 is 1.18 bits per heavy atom. The van der Waals surface area contributed by atoms with Gasteiger partial charge in [0.15, 0.2) is 5.96 Å². The molecule has 2 aliphatic heterocycles. The summed E-state index contributed by atoms with van der Waals surface area (Å²) in [5.74, 6) is 1.37. The topological polar surface area (TPSA) is 58.1 Å². The fourth-order valence-electron chi connectivity index (χ4n) is 3.78. The lowest BCUT2D eigenvalue weighted by Gasteiger charge is -2.31. The molecule has 7 heteroatoms. The zero-order valence-electron chi connectivity index (χ0n) is 17.1. The van der Waals surface area contributed by atoms with Gasteiger partial charge in [-0.3, -0.25) is 9.89 Å². The lowest BCUT2D eigenvalue weighted by atomic mass is 9.95. The number of rotatable bonds is 7. The minimum absolute atomic E-state index is 0. The smallest absolute Gasteiger partial charge is 0.191 e. The van der Waals surface area contributed by atoms with Gasteiger partial charge in [-0.2, -0.15) is 0 Å². The van der Waals surface area contributed by atoms with Crippen LogP contribution in [0, 0.1) is 5.92 Å². The number of nitrogens with one attached hydrogen (secondary N) is 2. The third kappa shape index (κ3) is 6.86. The quantitative estimate of drug-likeness (QED) is 0.341. The SMILES string of the molecule is CCNC(=NCC(C)N1CCOCC1)NCC1CCOC1c1ccccc1.I. The summed E-state index contributed by atoms with van der Waals surface area (Å²) in [7, 11) is 0. The van der Waals surface area contributed by atoms with Crippen LogP contribution in [-0.2, 0) is 9.47 Å². The van der Waals surface area contributed by atoms with Crippen molar-refractivity contribution in [1.82, 2.24) is 15.5 Å². The zero-order valence-corrected chi connectivity index (χ0v) is 19.4. The number of hydrogen-bond donors (Lipinski definition) is 2. The Morgan fingerprint density at radius 2 is 1.93 bits per heavy atom. The van der Waals surface area contributed by atoms with Crippen LogP contribution in [0.3, 0.4) is 0 Å². The predicted molar refractivity (Wildman–Crippen MR) is 124 cm³/mol. The molecule has 0 aliphatic carbocycles. The molecule has 0 bridgehead atoms. The molecule has 0 saturated carbocycles. The second-order valence-electron chi connectivity index (χ2n) is 7.35. The highest BCUT2D eigenvalue weighted by atomic mass is 127. The van der Waals surface area contributed by atoms with Gasteiger partial charge in [-0.25, -0.2) is 0 Å². The Morgan fingerprint density at radius 3 is 2.64 bits per heavy atom. The number of guanidine groups is 1. The monoisotopic (exact) mass is 502 g/mol. The molecule has 2 fully saturated rings. The summed E-state index contributed by atoms with van der Waals surface area (Å²) in [5.41, 5.74) is 1.27. The number of benzene rings is 1. The van der Waals surface area contributed by atoms with E-state index in [1.807, 2.05) is 0 Å². The van der Waals surface area contributed by atoms with Crippen molar-refractivity contribution in [1.29, 1.82) is 0 Å². The highest BCUT2D eigenvalue weighted by molar-refractivity contribution is 14.0. The second-order valence-corrected chi connectivity index (χ2v) is 7.35. The van der Waals surface area contributed by atoms with Gasteiger partial charge in [0.1, 0.15) is 0 Å². The van der Waals surface area contributed by atoms with E-state index in [-0.39, 0.29) is 30.1 Å². The summed E-state index contributed by atoms with van der Waals surface area (Å²) in [5, 5.41) is 6.91. The van der Waals surface area contributed by atoms with Gasteiger partial charge >= 0.3 is 0 Å². The predicted octanol–water partition coefficient (Wildman–Crippen LogP) is 2.66. The fourth-order valence-corrected chi connectivity index (χ4v) is 3.78. The van der Waals surface area contributed by atoms with Crippen LogP contribution < -0.4 is 10.6 Å². The minimum atomic E-state index is 0. The first-order chi connectivity index (χ1) is 13.3. The number of aliphatic imine (C=N–C) groups is 1. The van der Waals surface area contributed by atoms with E-state index < -0.39 is 0 Å². The molecule has 2 saturated heterocycles. The maximum Gasteiger partial charge on any atom is 0.191 e. The Hall–Kier alpha value is -0.900. The fraction of sp³-hybridized carbons (Fsp3) is 0.667. The van der Waals surface area contributed by atoms with Crippen LogP contribution in [0.25, 0.3) is 0 Å². The molecule has 0 radical (unpaired) electrons. The highest BCUT2D eigenvalue weighted by Crippen LogP contribution is 2.33. The maximum atomic E-state index is 6.00. The largest absolute Gasteiger partial charge is 0.379 e. The molecule has 1 aromatic rings. The molecule has 2 heterocycles. The van der Waals surface area contributed by atoms with Crippen molar-refractivity contribution in [3.63, 3.8) is 0 Å². The molecule has 0 aromatic heterocycles. The Kier molecular flexibility index (Phi) is 10.5. The van der Waals surface area contributed by atoms with Crippen LogP contribution in [0.5, 0.6) is 0 Å². The van der Waals surface area contributed by atoms with Crippen molar-refractivity contribution < 1.29 is 9.47 Å². The minimum Gasteiger partial charge on any atom is -0.379 e. The number of hydrogen-bond acceptors (Lipinski definition) is 4. The summed E-state index contributed by atoms with van der Waals surface area (Å²) < 4.78 is 11.4. The van der Waals surface area contributed by atoms with E-state index in [1.165, 1.54) is 5.56 Å². The van der Waals surface area contributed by atoms with Gasteiger partial charge in [0, 0.05) is 44.7 Å². The molecule has 158 valence electrons. The van der Waals surface area contributed by atoms with Crippen LogP contribution in [0.1, 0.15) is 31.9 Å². The number of morpholine rings is 1. The molecular weight excluding hydrogens is 467 g/mol. The van der Waals surface area contributed by atoms with Gasteiger partial charge < -0.3 is 20.1 Å². The summed E-state index contributed by atoms with van der Waals surface area (Å²) in [6, 6.07) is 11.0. The first-order valence-electron chi connectivity index (χ1n) is 10.3. The van der Waals surface area contributed by atoms with Crippen molar-refractivity contribution in [2.24, 2.45) is 10.9 Å². The maximum absolute atomic E-state index is 6.00. The van der Waals surface area contributed by atoms with E-state index in [0.717, 1.165) is 64.9 Å². The average molecular weight is 502 g/mol. The summed E-state index contributed by atoms with van der Waals surface area (Å²) in [6.45, 7) is 11.4. The molecule has 0 spiro atoms. The lowest BCUT2D eigenvalue weighted by molar-refractivity contribution is 0.0220. The molecule has 0 amide bonds. The van der Waals surface area contributed by atoms with Crippen molar-refractivity contribution in [2.45, 2.75) is 32.4 Å². The van der Waals surface area contributed by atoms with Crippen LogP contribution in [0.15, 0.2) is 35.3 Å². The number of nitrogens with zero attached hydrogens (tertiary/aromatic N) is 2. The van der Waals surface area contributed by atoms with Crippen molar-refractivity contribution in [2.75, 3.05) is 52.5 Å². The summed E-state index contributed by atoms with van der Waals surface area (Å²) >= 11 is 0. The normalized spacial score (nSPS) is 24.4. The van der Waals surface area contributed by atoms with E-state index in [1.54, 1.807) is 0 Å².